The minimum absolute atomic E-state index is 0.216. The molecular weight excluding hydrogens is 628 g/mol. The lowest BCUT2D eigenvalue weighted by Gasteiger charge is -2.39. The van der Waals surface area contributed by atoms with E-state index in [4.69, 9.17) is 18.9 Å². The smallest absolute Gasteiger partial charge is 0.306 e. The van der Waals surface area contributed by atoms with Crippen LogP contribution in [0.5, 0.6) is 0 Å². The van der Waals surface area contributed by atoms with Gasteiger partial charge in [0.25, 0.3) is 0 Å². The number of ether oxygens (including phenoxy) is 4. The summed E-state index contributed by atoms with van der Waals surface area (Å²) >= 11 is 0. The summed E-state index contributed by atoms with van der Waals surface area (Å²) in [6, 6.07) is 0. The van der Waals surface area contributed by atoms with Gasteiger partial charge in [-0.15, -0.1) is 0 Å². The number of allylic oxidation sites excluding steroid dienone is 2. The molecule has 0 aromatic rings. The molecule has 1 rings (SSSR count). The molecule has 6 atom stereocenters. The number of hydrogen-bond donors (Lipinski definition) is 4. The summed E-state index contributed by atoms with van der Waals surface area (Å²) in [5.41, 5.74) is 0. The zero-order valence-corrected chi connectivity index (χ0v) is 30.9. The summed E-state index contributed by atoms with van der Waals surface area (Å²) in [6.07, 6.45) is 22.2. The Morgan fingerprint density at radius 3 is 1.63 bits per heavy atom. The van der Waals surface area contributed by atoms with Crippen LogP contribution in [0.15, 0.2) is 12.2 Å². The van der Waals surface area contributed by atoms with Crippen molar-refractivity contribution in [1.29, 1.82) is 0 Å². The maximum Gasteiger partial charge on any atom is 0.306 e. The molecule has 4 N–H and O–H groups in total. The molecule has 1 aliphatic heterocycles. The topological polar surface area (TPSA) is 152 Å². The SMILES string of the molecule is CCCCC/C=C/CCCCCCCC(=O)O[C@@H](COC(=O)CCCCCCCCCCCCCC)CO[C@H]1O[C@@H](CO)[C@@H](O)C(O)C1O. The number of aliphatic hydroxyl groups excluding tert-OH is 4. The molecule has 1 saturated heterocycles. The molecule has 288 valence electrons. The summed E-state index contributed by atoms with van der Waals surface area (Å²) < 4.78 is 22.0. The van der Waals surface area contributed by atoms with Crippen LogP contribution < -0.4 is 0 Å². The van der Waals surface area contributed by atoms with Gasteiger partial charge in [-0.3, -0.25) is 9.59 Å². The van der Waals surface area contributed by atoms with Crippen LogP contribution in [-0.2, 0) is 28.5 Å². The van der Waals surface area contributed by atoms with Crippen LogP contribution in [0.3, 0.4) is 0 Å². The first kappa shape index (κ1) is 45.5. The summed E-state index contributed by atoms with van der Waals surface area (Å²) in [7, 11) is 0. The number of hydrogen-bond acceptors (Lipinski definition) is 10. The fourth-order valence-corrected chi connectivity index (χ4v) is 5.95. The number of carbonyl (C=O) groups excluding carboxylic acids is 2. The Balaban J connectivity index is 2.40. The summed E-state index contributed by atoms with van der Waals surface area (Å²) in [6.45, 7) is 3.37. The Bertz CT molecular complexity index is 820. The van der Waals surface area contributed by atoms with Crippen molar-refractivity contribution in [1.82, 2.24) is 0 Å². The average molecular weight is 701 g/mol. The maximum absolute atomic E-state index is 12.7. The van der Waals surface area contributed by atoms with Crippen molar-refractivity contribution in [3.8, 4) is 0 Å². The molecule has 0 spiro atoms. The van der Waals surface area contributed by atoms with Gasteiger partial charge in [0.2, 0.25) is 0 Å². The van der Waals surface area contributed by atoms with Crippen LogP contribution in [0, 0.1) is 0 Å². The Labute approximate surface area is 297 Å². The first-order chi connectivity index (χ1) is 23.8. The molecule has 1 aliphatic rings. The van der Waals surface area contributed by atoms with Crippen LogP contribution in [0.25, 0.3) is 0 Å². The Morgan fingerprint density at radius 1 is 0.612 bits per heavy atom. The highest BCUT2D eigenvalue weighted by atomic mass is 16.7. The van der Waals surface area contributed by atoms with E-state index in [-0.39, 0.29) is 32.0 Å². The number of aliphatic hydroxyl groups is 4. The van der Waals surface area contributed by atoms with Crippen molar-refractivity contribution in [2.75, 3.05) is 19.8 Å². The molecule has 0 aromatic heterocycles. The Morgan fingerprint density at radius 2 is 1.08 bits per heavy atom. The zero-order chi connectivity index (χ0) is 36.0. The van der Waals surface area contributed by atoms with Crippen LogP contribution in [0.2, 0.25) is 0 Å². The number of carbonyl (C=O) groups is 2. The summed E-state index contributed by atoms with van der Waals surface area (Å²) in [4.78, 5) is 25.1. The van der Waals surface area contributed by atoms with E-state index in [1.165, 1.54) is 77.0 Å². The molecule has 1 fully saturated rings. The van der Waals surface area contributed by atoms with Gasteiger partial charge in [-0.1, -0.05) is 129 Å². The van der Waals surface area contributed by atoms with Gasteiger partial charge in [0.05, 0.1) is 13.2 Å². The molecule has 49 heavy (non-hydrogen) atoms. The highest BCUT2D eigenvalue weighted by Crippen LogP contribution is 2.22. The number of esters is 2. The minimum Gasteiger partial charge on any atom is -0.462 e. The van der Waals surface area contributed by atoms with Gasteiger partial charge >= 0.3 is 11.9 Å². The van der Waals surface area contributed by atoms with Crippen LogP contribution in [0.4, 0.5) is 0 Å². The standard InChI is InChI=1S/C39H72O10/c1-3-5-7-9-11-13-15-17-19-21-23-25-27-34(41)46-30-32(31-47-39-38(45)37(44)36(43)33(29-40)49-39)48-35(42)28-26-24-22-20-18-16-14-12-10-8-6-4-2/h12,14,32-33,36-40,43-45H,3-11,13,15-31H2,1-2H3/b14-12+/t32-,33-,36+,37?,38?,39-/m0/s1. The van der Waals surface area contributed by atoms with E-state index >= 15 is 0 Å². The summed E-state index contributed by atoms with van der Waals surface area (Å²) in [5, 5.41) is 39.9. The molecular formula is C39H72O10. The number of rotatable bonds is 32. The van der Waals surface area contributed by atoms with Crippen LogP contribution >= 0.6 is 0 Å². The van der Waals surface area contributed by atoms with Gasteiger partial charge in [-0.05, 0) is 38.5 Å². The lowest BCUT2D eigenvalue weighted by molar-refractivity contribution is -0.305. The highest BCUT2D eigenvalue weighted by molar-refractivity contribution is 5.70. The predicted molar refractivity (Wildman–Crippen MR) is 192 cm³/mol. The first-order valence-corrected chi connectivity index (χ1v) is 19.8. The quantitative estimate of drug-likeness (QED) is 0.0322. The lowest BCUT2D eigenvalue weighted by Crippen LogP contribution is -2.59. The zero-order valence-electron chi connectivity index (χ0n) is 30.9. The average Bonchev–Trinajstić information content (AvgIpc) is 3.10. The third kappa shape index (κ3) is 23.5. The van der Waals surface area contributed by atoms with Crippen LogP contribution in [0.1, 0.15) is 168 Å². The molecule has 0 saturated carbocycles. The van der Waals surface area contributed by atoms with E-state index in [0.717, 1.165) is 57.8 Å². The van der Waals surface area contributed by atoms with E-state index in [1.54, 1.807) is 0 Å². The fourth-order valence-electron chi connectivity index (χ4n) is 5.95. The summed E-state index contributed by atoms with van der Waals surface area (Å²) in [5.74, 6) is -0.814. The molecule has 0 bridgehead atoms. The maximum atomic E-state index is 12.7. The first-order valence-electron chi connectivity index (χ1n) is 19.8. The second-order valence-corrected chi connectivity index (χ2v) is 13.7. The van der Waals surface area contributed by atoms with Gasteiger partial charge in [-0.25, -0.2) is 0 Å². The van der Waals surface area contributed by atoms with E-state index < -0.39 is 49.4 Å². The van der Waals surface area contributed by atoms with E-state index in [9.17, 15) is 30.0 Å². The van der Waals surface area contributed by atoms with Gasteiger partial charge in [-0.2, -0.15) is 0 Å². The molecule has 10 nitrogen and oxygen atoms in total. The Hall–Kier alpha value is -1.56. The molecule has 10 heteroatoms. The molecule has 0 aromatic carbocycles. The highest BCUT2D eigenvalue weighted by Gasteiger charge is 2.44. The van der Waals surface area contributed by atoms with Gasteiger partial charge in [0, 0.05) is 12.8 Å². The molecule has 0 radical (unpaired) electrons. The molecule has 0 amide bonds. The third-order valence-electron chi connectivity index (χ3n) is 9.15. The lowest BCUT2D eigenvalue weighted by atomic mass is 9.99. The second kappa shape index (κ2) is 31.2. The number of unbranched alkanes of at least 4 members (excludes halogenated alkanes) is 19. The monoisotopic (exact) mass is 701 g/mol. The third-order valence-corrected chi connectivity index (χ3v) is 9.15. The normalized spacial score (nSPS) is 21.6. The Kier molecular flexibility index (Phi) is 28.9. The fraction of sp³-hybridized carbons (Fsp3) is 0.897. The van der Waals surface area contributed by atoms with Crippen molar-refractivity contribution in [2.45, 2.75) is 205 Å². The van der Waals surface area contributed by atoms with Crippen molar-refractivity contribution >= 4 is 11.9 Å². The largest absolute Gasteiger partial charge is 0.462 e. The van der Waals surface area contributed by atoms with Gasteiger partial charge < -0.3 is 39.4 Å². The predicted octanol–water partition coefficient (Wildman–Crippen LogP) is 7.22. The molecule has 2 unspecified atom stereocenters. The van der Waals surface area contributed by atoms with Crippen molar-refractivity contribution < 1.29 is 49.0 Å². The van der Waals surface area contributed by atoms with E-state index in [0.29, 0.717) is 6.42 Å². The van der Waals surface area contributed by atoms with Crippen molar-refractivity contribution in [3.05, 3.63) is 12.2 Å². The second-order valence-electron chi connectivity index (χ2n) is 13.7. The minimum atomic E-state index is -1.59. The van der Waals surface area contributed by atoms with Gasteiger partial charge in [0.15, 0.2) is 12.4 Å². The van der Waals surface area contributed by atoms with Gasteiger partial charge in [0.1, 0.15) is 31.0 Å². The van der Waals surface area contributed by atoms with Crippen molar-refractivity contribution in [2.24, 2.45) is 0 Å². The van der Waals surface area contributed by atoms with Crippen molar-refractivity contribution in [3.63, 3.8) is 0 Å². The molecule has 0 aliphatic carbocycles. The van der Waals surface area contributed by atoms with E-state index in [2.05, 4.69) is 26.0 Å². The van der Waals surface area contributed by atoms with E-state index in [1.807, 2.05) is 0 Å². The molecule has 1 heterocycles. The van der Waals surface area contributed by atoms with Crippen LogP contribution in [-0.4, -0.2) is 89.0 Å².